The molecule has 1 fully saturated rings. The number of amides is 2. The van der Waals surface area contributed by atoms with Crippen molar-refractivity contribution in [3.63, 3.8) is 0 Å². The Morgan fingerprint density at radius 2 is 1.70 bits per heavy atom. The minimum Gasteiger partial charge on any atom is -0.386 e. The summed E-state index contributed by atoms with van der Waals surface area (Å²) in [7, 11) is -16.5. The van der Waals surface area contributed by atoms with Gasteiger partial charge in [-0.3, -0.25) is 32.5 Å². The summed E-state index contributed by atoms with van der Waals surface area (Å²) < 4.78 is 90.2. The smallest absolute Gasteiger partial charge is 0.386 e. The van der Waals surface area contributed by atoms with Crippen molar-refractivity contribution in [3.8, 4) is 0 Å². The van der Waals surface area contributed by atoms with E-state index in [4.69, 9.17) is 19.5 Å². The number of rotatable bonds is 25. The molecule has 3 heterocycles. The molecule has 11 N–H and O–H groups in total. The van der Waals surface area contributed by atoms with Gasteiger partial charge in [0.1, 0.15) is 42.4 Å². The van der Waals surface area contributed by atoms with Crippen LogP contribution in [-0.4, -0.2) is 140 Å². The SMILES string of the molecule is CCCCCC(O)C(F)(F)C(=O)SCCNC(=O)CCNC(=O)[C@H](O)C(C)(C)COP(=O)(O)OP(=O)(O)OC[C@H]1O[C@@H](n2cnc3c(N)ncnc32)[C@H](O)[C@@H]1OP(=O)(O)O. The van der Waals surface area contributed by atoms with Crippen LogP contribution in [0.4, 0.5) is 14.6 Å². The number of nitrogen functional groups attached to an aromatic ring is 1. The number of halogens is 2. The van der Waals surface area contributed by atoms with Crippen molar-refractivity contribution in [1.82, 2.24) is 30.2 Å². The number of nitrogens with one attached hydrogen (secondary N) is 2. The first-order valence-electron chi connectivity index (χ1n) is 17.8. The zero-order valence-electron chi connectivity index (χ0n) is 32.2. The summed E-state index contributed by atoms with van der Waals surface area (Å²) in [5.74, 6) is -5.99. The first-order chi connectivity index (χ1) is 27.7. The van der Waals surface area contributed by atoms with Crippen molar-refractivity contribution in [1.29, 1.82) is 0 Å². The summed E-state index contributed by atoms with van der Waals surface area (Å²) in [6.45, 7) is 1.57. The molecule has 8 atom stereocenters. The molecule has 1 saturated heterocycles. The van der Waals surface area contributed by atoms with Gasteiger partial charge in [0.25, 0.3) is 5.12 Å². The number of phosphoric acid groups is 3. The molecule has 2 aromatic heterocycles. The molecule has 0 radical (unpaired) electrons. The first-order valence-corrected chi connectivity index (χ1v) is 23.3. The van der Waals surface area contributed by atoms with Gasteiger partial charge in [-0.1, -0.05) is 51.8 Å². The van der Waals surface area contributed by atoms with Crippen molar-refractivity contribution in [2.24, 2.45) is 5.41 Å². The molecule has 2 amide bonds. The highest BCUT2D eigenvalue weighted by atomic mass is 32.2. The highest BCUT2D eigenvalue weighted by Gasteiger charge is 2.50. The Morgan fingerprint density at radius 3 is 2.35 bits per heavy atom. The Morgan fingerprint density at radius 1 is 1.03 bits per heavy atom. The van der Waals surface area contributed by atoms with Gasteiger partial charge < -0.3 is 56.0 Å². The number of ether oxygens (including phenoxy) is 1. The lowest BCUT2D eigenvalue weighted by molar-refractivity contribution is -0.151. The third-order valence-corrected chi connectivity index (χ3v) is 12.5. The van der Waals surface area contributed by atoms with Crippen molar-refractivity contribution >= 4 is 69.1 Å². The molecule has 0 saturated carbocycles. The van der Waals surface area contributed by atoms with Crippen LogP contribution < -0.4 is 16.4 Å². The molecule has 3 rings (SSSR count). The molecule has 1 aliphatic heterocycles. The van der Waals surface area contributed by atoms with Crippen molar-refractivity contribution in [2.45, 2.75) is 95.5 Å². The molecule has 342 valence electrons. The molecule has 0 aromatic carbocycles. The Labute approximate surface area is 344 Å². The van der Waals surface area contributed by atoms with E-state index in [2.05, 4.69) is 34.4 Å². The largest absolute Gasteiger partial charge is 0.481 e. The highest BCUT2D eigenvalue weighted by molar-refractivity contribution is 8.13. The second-order valence-electron chi connectivity index (χ2n) is 13.8. The Kier molecular flexibility index (Phi) is 18.7. The summed E-state index contributed by atoms with van der Waals surface area (Å²) in [5.41, 5.74) is 4.13. The molecule has 0 bridgehead atoms. The van der Waals surface area contributed by atoms with Gasteiger partial charge in [-0.15, -0.1) is 0 Å². The average Bonchev–Trinajstić information content (AvgIpc) is 3.71. The molecule has 0 aliphatic carbocycles. The molecular weight excluding hydrogens is 897 g/mol. The van der Waals surface area contributed by atoms with E-state index in [1.807, 2.05) is 6.92 Å². The maximum absolute atomic E-state index is 14.1. The number of anilines is 1. The van der Waals surface area contributed by atoms with Crippen LogP contribution >= 0.6 is 35.2 Å². The highest BCUT2D eigenvalue weighted by Crippen LogP contribution is 2.61. The standard InChI is InChI=1S/C29H48F2N7O18P3S/c1-4-5-6-7-17(39)29(30,31)27(44)60-11-10-33-18(40)8-9-34-25(43)22(42)28(2,3)13-53-59(50,51)56-58(48,49)52-12-16-21(55-57(45,46)47)20(41)26(54-16)38-15-37-19-23(32)35-14-36-24(19)38/h14-17,20-22,26,39,41-42H,4-13H2,1-3H3,(H,33,40)(H,34,43)(H,48,49)(H,50,51)(H2,32,35,36)(H2,45,46,47)/t16-,17?,20-,21-,22+,26-/m1/s1. The number of fused-ring (bicyclic) bond motifs is 1. The molecule has 25 nitrogen and oxygen atoms in total. The van der Waals surface area contributed by atoms with Gasteiger partial charge in [-0.05, 0) is 6.42 Å². The maximum atomic E-state index is 14.1. The van der Waals surface area contributed by atoms with E-state index in [0.29, 0.717) is 12.8 Å². The zero-order chi connectivity index (χ0) is 45.3. The molecule has 31 heteroatoms. The number of carbonyl (C=O) groups is 3. The van der Waals surface area contributed by atoms with Crippen LogP contribution in [0.1, 0.15) is 59.1 Å². The maximum Gasteiger partial charge on any atom is 0.481 e. The van der Waals surface area contributed by atoms with E-state index in [1.165, 1.54) is 13.8 Å². The fourth-order valence-corrected chi connectivity index (χ4v) is 8.82. The predicted molar refractivity (Wildman–Crippen MR) is 202 cm³/mol. The molecule has 60 heavy (non-hydrogen) atoms. The second-order valence-corrected chi connectivity index (χ2v) is 19.1. The fraction of sp³-hybridized carbons (Fsp3) is 0.724. The number of alkyl halides is 2. The minimum atomic E-state index is -5.62. The van der Waals surface area contributed by atoms with E-state index in [0.717, 1.165) is 23.6 Å². The minimum absolute atomic E-state index is 0.00847. The lowest BCUT2D eigenvalue weighted by Gasteiger charge is -2.30. The number of hydrogen-bond donors (Lipinski definition) is 10. The Bertz CT molecular complexity index is 1950. The molecule has 2 aromatic rings. The number of carbonyl (C=O) groups excluding carboxylic acids is 3. The molecule has 3 unspecified atom stereocenters. The number of imidazole rings is 1. The van der Waals surface area contributed by atoms with E-state index >= 15 is 0 Å². The topological polar surface area (TPSA) is 384 Å². The number of nitrogens with two attached hydrogens (primary N) is 1. The number of aromatic nitrogens is 4. The van der Waals surface area contributed by atoms with Gasteiger partial charge in [0.15, 0.2) is 17.7 Å². The number of nitrogens with zero attached hydrogens (tertiary/aromatic N) is 4. The normalized spacial score (nSPS) is 21.9. The van der Waals surface area contributed by atoms with Gasteiger partial charge in [0.05, 0.1) is 19.5 Å². The molecular formula is C29H48F2N7O18P3S. The number of thioether (sulfide) groups is 1. The van der Waals surface area contributed by atoms with Crippen LogP contribution in [0.25, 0.3) is 11.2 Å². The third kappa shape index (κ3) is 15.0. The summed E-state index contributed by atoms with van der Waals surface area (Å²) in [6, 6.07) is 0. The number of aliphatic hydroxyl groups is 3. The quantitative estimate of drug-likeness (QED) is 0.0471. The van der Waals surface area contributed by atoms with Gasteiger partial charge in [0.2, 0.25) is 11.8 Å². The van der Waals surface area contributed by atoms with E-state index in [1.54, 1.807) is 0 Å². The Balaban J connectivity index is 1.46. The van der Waals surface area contributed by atoms with Gasteiger partial charge >= 0.3 is 29.4 Å². The van der Waals surface area contributed by atoms with Gasteiger partial charge in [-0.2, -0.15) is 13.1 Å². The van der Waals surface area contributed by atoms with Gasteiger partial charge in [0, 0.05) is 30.7 Å². The van der Waals surface area contributed by atoms with Crippen LogP contribution in [0.2, 0.25) is 0 Å². The van der Waals surface area contributed by atoms with Crippen LogP contribution in [0.15, 0.2) is 12.7 Å². The van der Waals surface area contributed by atoms with Crippen LogP contribution in [-0.2, 0) is 50.7 Å². The van der Waals surface area contributed by atoms with Crippen LogP contribution in [0.5, 0.6) is 0 Å². The number of phosphoric ester groups is 3. The van der Waals surface area contributed by atoms with Crippen molar-refractivity contribution in [3.05, 3.63) is 12.7 Å². The van der Waals surface area contributed by atoms with Gasteiger partial charge in [-0.25, -0.2) is 28.6 Å². The summed E-state index contributed by atoms with van der Waals surface area (Å²) >= 11 is 0.235. The number of aliphatic hydroxyl groups excluding tert-OH is 3. The summed E-state index contributed by atoms with van der Waals surface area (Å²) in [6.07, 6.45) is -8.03. The second kappa shape index (κ2) is 21.6. The average molecular weight is 946 g/mol. The molecule has 1 aliphatic rings. The summed E-state index contributed by atoms with van der Waals surface area (Å²) in [5, 5.41) is 34.2. The van der Waals surface area contributed by atoms with Crippen molar-refractivity contribution in [2.75, 3.05) is 37.8 Å². The molecule has 0 spiro atoms. The monoisotopic (exact) mass is 945 g/mol. The number of unbranched alkanes of at least 4 members (excludes halogenated alkanes) is 2. The van der Waals surface area contributed by atoms with Crippen LogP contribution in [0.3, 0.4) is 0 Å². The van der Waals surface area contributed by atoms with Crippen molar-refractivity contribution < 1.29 is 94.4 Å². The lowest BCUT2D eigenvalue weighted by Crippen LogP contribution is -2.46. The predicted octanol–water partition coefficient (Wildman–Crippen LogP) is 0.241. The fourth-order valence-electron chi connectivity index (χ4n) is 5.28. The zero-order valence-corrected chi connectivity index (χ0v) is 35.7. The number of hydrogen-bond acceptors (Lipinski definition) is 19. The Hall–Kier alpha value is -2.62. The first kappa shape index (κ1) is 51.7. The van der Waals surface area contributed by atoms with E-state index < -0.39 is 102 Å². The van der Waals surface area contributed by atoms with E-state index in [9.17, 15) is 71.8 Å². The third-order valence-electron chi connectivity index (χ3n) is 8.51. The van der Waals surface area contributed by atoms with E-state index in [-0.39, 0.29) is 60.4 Å². The lowest BCUT2D eigenvalue weighted by atomic mass is 9.87. The van der Waals surface area contributed by atoms with Crippen LogP contribution in [0, 0.1) is 5.41 Å². The summed E-state index contributed by atoms with van der Waals surface area (Å²) in [4.78, 5) is 87.5.